The molecule has 1 nitrogen and oxygen atoms in total. The van der Waals surface area contributed by atoms with Gasteiger partial charge in [0.05, 0.1) is 11.7 Å². The molecule has 0 amide bonds. The third kappa shape index (κ3) is 3.01. The van der Waals surface area contributed by atoms with Gasteiger partial charge in [0, 0.05) is 5.33 Å². The highest BCUT2D eigenvalue weighted by Crippen LogP contribution is 2.40. The maximum absolute atomic E-state index is 6.34. The predicted molar refractivity (Wildman–Crippen MR) is 72.1 cm³/mol. The van der Waals surface area contributed by atoms with Crippen molar-refractivity contribution in [3.8, 4) is 0 Å². The molecule has 0 atom stereocenters. The average Bonchev–Trinajstić information content (AvgIpc) is 2.27. The number of rotatable bonds is 5. The molecule has 0 aromatic carbocycles. The second-order valence-corrected chi connectivity index (χ2v) is 6.28. The molecule has 16 heavy (non-hydrogen) atoms. The van der Waals surface area contributed by atoms with Gasteiger partial charge in [-0.2, -0.15) is 0 Å². The van der Waals surface area contributed by atoms with Crippen LogP contribution in [0.25, 0.3) is 0 Å². The van der Waals surface area contributed by atoms with E-state index in [2.05, 4.69) is 22.9 Å². The Morgan fingerprint density at radius 3 is 2.31 bits per heavy atom. The fourth-order valence-corrected chi connectivity index (χ4v) is 3.72. The second-order valence-electron chi connectivity index (χ2n) is 5.72. The topological polar surface area (TPSA) is 9.23 Å². The van der Waals surface area contributed by atoms with Crippen LogP contribution in [0.3, 0.4) is 0 Å². The number of hydrogen-bond donors (Lipinski definition) is 0. The summed E-state index contributed by atoms with van der Waals surface area (Å²) in [7, 11) is 0. The van der Waals surface area contributed by atoms with Gasteiger partial charge < -0.3 is 4.74 Å². The molecule has 2 aliphatic rings. The van der Waals surface area contributed by atoms with Gasteiger partial charge in [-0.15, -0.1) is 0 Å². The van der Waals surface area contributed by atoms with Gasteiger partial charge in [0.1, 0.15) is 0 Å². The minimum Gasteiger partial charge on any atom is -0.371 e. The van der Waals surface area contributed by atoms with E-state index >= 15 is 0 Å². The van der Waals surface area contributed by atoms with Crippen LogP contribution in [0, 0.1) is 5.92 Å². The van der Waals surface area contributed by atoms with Gasteiger partial charge in [0.15, 0.2) is 0 Å². The van der Waals surface area contributed by atoms with Crippen molar-refractivity contribution in [3.05, 3.63) is 0 Å². The van der Waals surface area contributed by atoms with Gasteiger partial charge in [-0.25, -0.2) is 0 Å². The quantitative estimate of drug-likeness (QED) is 0.668. The van der Waals surface area contributed by atoms with Crippen LogP contribution in [0.4, 0.5) is 0 Å². The molecule has 0 unspecified atom stereocenters. The van der Waals surface area contributed by atoms with E-state index < -0.39 is 0 Å². The Kier molecular flexibility index (Phi) is 4.72. The molecule has 2 fully saturated rings. The Hall–Kier alpha value is 0.440. The van der Waals surface area contributed by atoms with E-state index in [1.54, 1.807) is 0 Å². The highest BCUT2D eigenvalue weighted by Gasteiger charge is 2.38. The van der Waals surface area contributed by atoms with Crippen molar-refractivity contribution in [2.45, 2.75) is 76.4 Å². The zero-order valence-corrected chi connectivity index (χ0v) is 12.1. The van der Waals surface area contributed by atoms with Crippen LogP contribution in [0.2, 0.25) is 0 Å². The molecule has 2 saturated carbocycles. The van der Waals surface area contributed by atoms with Crippen LogP contribution < -0.4 is 0 Å². The molecule has 2 aliphatic carbocycles. The van der Waals surface area contributed by atoms with Gasteiger partial charge in [-0.3, -0.25) is 0 Å². The third-order valence-electron chi connectivity index (χ3n) is 4.43. The van der Waals surface area contributed by atoms with Gasteiger partial charge in [0.25, 0.3) is 0 Å². The van der Waals surface area contributed by atoms with E-state index in [-0.39, 0.29) is 5.60 Å². The average molecular weight is 289 g/mol. The van der Waals surface area contributed by atoms with Crippen molar-refractivity contribution in [2.24, 2.45) is 5.92 Å². The molecule has 0 saturated heterocycles. The summed E-state index contributed by atoms with van der Waals surface area (Å²) in [6.07, 6.45) is 12.6. The molecule has 0 radical (unpaired) electrons. The third-order valence-corrected chi connectivity index (χ3v) is 5.45. The molecular weight excluding hydrogens is 264 g/mol. The van der Waals surface area contributed by atoms with Crippen molar-refractivity contribution in [1.29, 1.82) is 0 Å². The normalized spacial score (nSPS) is 36.0. The summed E-state index contributed by atoms with van der Waals surface area (Å²) in [5.41, 5.74) is 0.190. The molecule has 0 heterocycles. The minimum atomic E-state index is 0.190. The smallest absolute Gasteiger partial charge is 0.0782 e. The lowest BCUT2D eigenvalue weighted by molar-refractivity contribution is -0.129. The molecule has 0 aromatic heterocycles. The summed E-state index contributed by atoms with van der Waals surface area (Å²) in [5.74, 6) is 0.974. The molecule has 0 N–H and O–H groups in total. The summed E-state index contributed by atoms with van der Waals surface area (Å²) in [6.45, 7) is 2.30. The Morgan fingerprint density at radius 1 is 1.19 bits per heavy atom. The summed E-state index contributed by atoms with van der Waals surface area (Å²) >= 11 is 3.68. The van der Waals surface area contributed by atoms with Crippen LogP contribution in [-0.2, 0) is 4.74 Å². The van der Waals surface area contributed by atoms with E-state index in [0.29, 0.717) is 6.10 Å². The Labute approximate surface area is 108 Å². The standard InChI is InChI=1S/C14H25BrO/c1-2-4-12-7-9-14(11-15,10-8-12)16-13-5-3-6-13/h12-13H,2-11H2,1H3. The number of hydrogen-bond acceptors (Lipinski definition) is 1. The number of halogens is 1. The maximum atomic E-state index is 6.34. The van der Waals surface area contributed by atoms with Crippen molar-refractivity contribution < 1.29 is 4.74 Å². The first kappa shape index (κ1) is 12.9. The molecular formula is C14H25BrO. The minimum absolute atomic E-state index is 0.190. The zero-order chi connectivity index (χ0) is 11.4. The molecule has 0 bridgehead atoms. The predicted octanol–water partition coefficient (Wildman–Crippen LogP) is 4.68. The van der Waals surface area contributed by atoms with Crippen LogP contribution >= 0.6 is 15.9 Å². The SMILES string of the molecule is CCCC1CCC(CBr)(OC2CCC2)CC1. The van der Waals surface area contributed by atoms with Gasteiger partial charge in [-0.05, 0) is 50.9 Å². The number of alkyl halides is 1. The highest BCUT2D eigenvalue weighted by molar-refractivity contribution is 9.09. The van der Waals surface area contributed by atoms with E-state index in [1.807, 2.05) is 0 Å². The van der Waals surface area contributed by atoms with Gasteiger partial charge in [-0.1, -0.05) is 35.7 Å². The van der Waals surface area contributed by atoms with Crippen molar-refractivity contribution in [3.63, 3.8) is 0 Å². The maximum Gasteiger partial charge on any atom is 0.0782 e. The number of ether oxygens (including phenoxy) is 1. The van der Waals surface area contributed by atoms with Gasteiger partial charge >= 0.3 is 0 Å². The second kappa shape index (κ2) is 5.86. The first-order valence-electron chi connectivity index (χ1n) is 7.02. The Bertz CT molecular complexity index is 205. The molecule has 0 spiro atoms. The largest absolute Gasteiger partial charge is 0.371 e. The lowest BCUT2D eigenvalue weighted by Gasteiger charge is -2.43. The summed E-state index contributed by atoms with van der Waals surface area (Å²) in [6, 6.07) is 0. The first-order chi connectivity index (χ1) is 7.78. The van der Waals surface area contributed by atoms with Crippen LogP contribution in [-0.4, -0.2) is 17.0 Å². The van der Waals surface area contributed by atoms with Crippen LogP contribution in [0.1, 0.15) is 64.7 Å². The van der Waals surface area contributed by atoms with Crippen molar-refractivity contribution in [2.75, 3.05) is 5.33 Å². The van der Waals surface area contributed by atoms with Crippen LogP contribution in [0.15, 0.2) is 0 Å². The molecule has 2 heteroatoms. The summed E-state index contributed by atoms with van der Waals surface area (Å²) < 4.78 is 6.34. The van der Waals surface area contributed by atoms with E-state index in [0.717, 1.165) is 11.2 Å². The highest BCUT2D eigenvalue weighted by atomic mass is 79.9. The van der Waals surface area contributed by atoms with E-state index in [1.165, 1.54) is 57.8 Å². The fourth-order valence-electron chi connectivity index (χ4n) is 3.03. The zero-order valence-electron chi connectivity index (χ0n) is 10.5. The Balaban J connectivity index is 1.81. The fraction of sp³-hybridized carbons (Fsp3) is 1.00. The van der Waals surface area contributed by atoms with Crippen LogP contribution in [0.5, 0.6) is 0 Å². The monoisotopic (exact) mass is 288 g/mol. The Morgan fingerprint density at radius 2 is 1.88 bits per heavy atom. The molecule has 0 aromatic rings. The summed E-state index contributed by atoms with van der Waals surface area (Å²) in [5, 5.41) is 1.04. The molecule has 94 valence electrons. The van der Waals surface area contributed by atoms with E-state index in [9.17, 15) is 0 Å². The lowest BCUT2D eigenvalue weighted by Crippen LogP contribution is -2.43. The molecule has 0 aliphatic heterocycles. The first-order valence-corrected chi connectivity index (χ1v) is 8.14. The van der Waals surface area contributed by atoms with E-state index in [4.69, 9.17) is 4.74 Å². The molecule has 2 rings (SSSR count). The van der Waals surface area contributed by atoms with Crippen molar-refractivity contribution in [1.82, 2.24) is 0 Å². The van der Waals surface area contributed by atoms with Gasteiger partial charge in [0.2, 0.25) is 0 Å². The van der Waals surface area contributed by atoms with Crippen molar-refractivity contribution >= 4 is 15.9 Å². The lowest BCUT2D eigenvalue weighted by atomic mass is 9.77. The summed E-state index contributed by atoms with van der Waals surface area (Å²) in [4.78, 5) is 0.